The number of para-hydroxylation sites is 1. The molecule has 1 saturated heterocycles. The van der Waals surface area contributed by atoms with Crippen molar-refractivity contribution >= 4 is 34.7 Å². The lowest BCUT2D eigenvalue weighted by molar-refractivity contribution is -0.141. The van der Waals surface area contributed by atoms with E-state index in [1.807, 2.05) is 45.2 Å². The number of aromatic nitrogens is 1. The van der Waals surface area contributed by atoms with Crippen LogP contribution in [0.25, 0.3) is 10.9 Å². The molecule has 2 aromatic carbocycles. The number of hydrogen-bond donors (Lipinski definition) is 2. The minimum absolute atomic E-state index is 0.0330. The SMILES string of the molecule is COCCCC(c1c[nH]c2ccccc12)N(C(=O)[C@@H]1C[C@H](NCCN2C(=O)c3ccccc3C2=O)CN(C(=O)OC(C)(C)C)C1)C1CC1. The number of carbonyl (C=O) groups excluding carboxylic acids is 4. The van der Waals surface area contributed by atoms with Gasteiger partial charge >= 0.3 is 6.09 Å². The van der Waals surface area contributed by atoms with Crippen LogP contribution >= 0.6 is 0 Å². The van der Waals surface area contributed by atoms with Gasteiger partial charge in [-0.25, -0.2) is 4.79 Å². The fraction of sp³-hybridized carbons (Fsp3) is 0.514. The molecule has 2 N–H and O–H groups in total. The summed E-state index contributed by atoms with van der Waals surface area (Å²) < 4.78 is 11.2. The minimum Gasteiger partial charge on any atom is -0.444 e. The number of aromatic amines is 1. The van der Waals surface area contributed by atoms with Crippen LogP contribution in [0, 0.1) is 5.92 Å². The molecular formula is C37H47N5O6. The number of H-pyrrole nitrogens is 1. The van der Waals surface area contributed by atoms with Gasteiger partial charge in [0, 0.05) is 69.1 Å². The molecule has 48 heavy (non-hydrogen) atoms. The number of imide groups is 1. The first-order valence-electron chi connectivity index (χ1n) is 17.1. The highest BCUT2D eigenvalue weighted by molar-refractivity contribution is 6.21. The van der Waals surface area contributed by atoms with Crippen molar-refractivity contribution in [2.75, 3.05) is 39.9 Å². The number of hydrogen-bond acceptors (Lipinski definition) is 7. The molecule has 3 heterocycles. The highest BCUT2D eigenvalue weighted by atomic mass is 16.6. The van der Waals surface area contributed by atoms with E-state index in [0.29, 0.717) is 37.2 Å². The topological polar surface area (TPSA) is 124 Å². The Kier molecular flexibility index (Phi) is 9.89. The van der Waals surface area contributed by atoms with Gasteiger partial charge in [0.1, 0.15) is 5.60 Å². The van der Waals surface area contributed by atoms with Crippen LogP contribution in [-0.2, 0) is 14.3 Å². The number of rotatable bonds is 12. The van der Waals surface area contributed by atoms with E-state index in [4.69, 9.17) is 9.47 Å². The monoisotopic (exact) mass is 657 g/mol. The molecule has 3 atom stereocenters. The van der Waals surface area contributed by atoms with Gasteiger partial charge in [-0.2, -0.15) is 0 Å². The molecule has 1 aliphatic carbocycles. The third-order valence-corrected chi connectivity index (χ3v) is 9.43. The van der Waals surface area contributed by atoms with Crippen LogP contribution in [0.4, 0.5) is 4.79 Å². The molecule has 0 spiro atoms. The minimum atomic E-state index is -0.690. The molecule has 2 fully saturated rings. The molecule has 6 rings (SSSR count). The fourth-order valence-electron chi connectivity index (χ4n) is 7.11. The lowest BCUT2D eigenvalue weighted by Crippen LogP contribution is -2.56. The second kappa shape index (κ2) is 14.1. The number of likely N-dealkylation sites (tertiary alicyclic amines) is 1. The van der Waals surface area contributed by atoms with E-state index in [1.54, 1.807) is 36.3 Å². The molecule has 0 radical (unpaired) electrons. The average molecular weight is 658 g/mol. The third-order valence-electron chi connectivity index (χ3n) is 9.43. The average Bonchev–Trinajstić information content (AvgIpc) is 3.76. The molecule has 0 bridgehead atoms. The summed E-state index contributed by atoms with van der Waals surface area (Å²) in [6.45, 7) is 7.21. The van der Waals surface area contributed by atoms with Crippen LogP contribution in [0.15, 0.2) is 54.7 Å². The van der Waals surface area contributed by atoms with Gasteiger partial charge in [0.2, 0.25) is 5.91 Å². The number of methoxy groups -OCH3 is 1. The molecule has 11 heteroatoms. The second-order valence-electron chi connectivity index (χ2n) is 14.2. The number of nitrogens with zero attached hydrogens (tertiary/aromatic N) is 3. The summed E-state index contributed by atoms with van der Waals surface area (Å²) in [6, 6.07) is 14.8. The lowest BCUT2D eigenvalue weighted by atomic mass is 9.90. The van der Waals surface area contributed by atoms with E-state index in [0.717, 1.165) is 42.1 Å². The number of fused-ring (bicyclic) bond motifs is 2. The van der Waals surface area contributed by atoms with Crippen molar-refractivity contribution in [2.45, 2.75) is 76.6 Å². The standard InChI is InChI=1S/C37H47N5O6/c1-37(2,3)48-36(46)40-22-24(20-25(23-40)38-17-18-41-34(44)28-11-5-6-12-29(28)35(41)45)33(43)42(26-15-16-26)32(14-9-19-47-4)30-21-39-31-13-8-7-10-27(30)31/h5-8,10-13,21,24-26,32,38-39H,9,14-20,22-23H2,1-4H3/t24-,25+,32?/m1/s1. The number of nitrogens with one attached hydrogen (secondary N) is 2. The Labute approximate surface area is 281 Å². The number of carbonyl (C=O) groups is 4. The lowest BCUT2D eigenvalue weighted by Gasteiger charge is -2.41. The van der Waals surface area contributed by atoms with Crippen LogP contribution in [0.2, 0.25) is 0 Å². The second-order valence-corrected chi connectivity index (χ2v) is 14.2. The summed E-state index contributed by atoms with van der Waals surface area (Å²) in [6.07, 6.45) is 5.53. The summed E-state index contributed by atoms with van der Waals surface area (Å²) in [5.74, 6) is -1.04. The van der Waals surface area contributed by atoms with Crippen molar-refractivity contribution in [3.63, 3.8) is 0 Å². The zero-order valence-corrected chi connectivity index (χ0v) is 28.4. The maximum absolute atomic E-state index is 14.8. The summed E-state index contributed by atoms with van der Waals surface area (Å²) in [4.78, 5) is 62.4. The molecule has 1 saturated carbocycles. The van der Waals surface area contributed by atoms with Crippen molar-refractivity contribution < 1.29 is 28.7 Å². The predicted octanol–water partition coefficient (Wildman–Crippen LogP) is 5.14. The normalized spacial score (nSPS) is 20.2. The molecule has 11 nitrogen and oxygen atoms in total. The Balaban J connectivity index is 1.22. The predicted molar refractivity (Wildman–Crippen MR) is 182 cm³/mol. The van der Waals surface area contributed by atoms with Gasteiger partial charge in [-0.15, -0.1) is 0 Å². The van der Waals surface area contributed by atoms with Crippen LogP contribution in [-0.4, -0.2) is 101 Å². The van der Waals surface area contributed by atoms with Crippen molar-refractivity contribution in [2.24, 2.45) is 5.92 Å². The highest BCUT2D eigenvalue weighted by Crippen LogP contribution is 2.41. The maximum Gasteiger partial charge on any atom is 0.410 e. The third kappa shape index (κ3) is 7.27. The maximum atomic E-state index is 14.8. The summed E-state index contributed by atoms with van der Waals surface area (Å²) in [7, 11) is 1.69. The molecule has 3 aromatic rings. The number of benzene rings is 2. The van der Waals surface area contributed by atoms with Gasteiger partial charge < -0.3 is 29.6 Å². The van der Waals surface area contributed by atoms with Gasteiger partial charge in [0.05, 0.1) is 23.1 Å². The molecule has 256 valence electrons. The van der Waals surface area contributed by atoms with E-state index in [2.05, 4.69) is 21.3 Å². The van der Waals surface area contributed by atoms with Gasteiger partial charge in [-0.3, -0.25) is 19.3 Å². The number of piperidine rings is 1. The summed E-state index contributed by atoms with van der Waals surface area (Å²) in [5.41, 5.74) is 2.26. The zero-order chi connectivity index (χ0) is 34.0. The van der Waals surface area contributed by atoms with E-state index in [-0.39, 0.29) is 48.9 Å². The largest absolute Gasteiger partial charge is 0.444 e. The first-order chi connectivity index (χ1) is 23.1. The van der Waals surface area contributed by atoms with E-state index < -0.39 is 17.6 Å². The first kappa shape index (κ1) is 33.7. The molecule has 2 aliphatic heterocycles. The van der Waals surface area contributed by atoms with Crippen LogP contribution in [0.3, 0.4) is 0 Å². The zero-order valence-electron chi connectivity index (χ0n) is 28.4. The Morgan fingerprint density at radius 2 is 1.71 bits per heavy atom. The van der Waals surface area contributed by atoms with E-state index in [9.17, 15) is 19.2 Å². The molecule has 1 aromatic heterocycles. The summed E-state index contributed by atoms with van der Waals surface area (Å²) in [5, 5.41) is 4.57. The van der Waals surface area contributed by atoms with Crippen molar-refractivity contribution in [1.82, 2.24) is 25.0 Å². The van der Waals surface area contributed by atoms with E-state index >= 15 is 0 Å². The van der Waals surface area contributed by atoms with Gasteiger partial charge in [0.25, 0.3) is 11.8 Å². The Morgan fingerprint density at radius 3 is 2.38 bits per heavy atom. The van der Waals surface area contributed by atoms with Crippen molar-refractivity contribution in [1.29, 1.82) is 0 Å². The molecule has 3 aliphatic rings. The summed E-state index contributed by atoms with van der Waals surface area (Å²) >= 11 is 0. The van der Waals surface area contributed by atoms with Gasteiger partial charge in [0.15, 0.2) is 0 Å². The van der Waals surface area contributed by atoms with Crippen LogP contribution in [0.1, 0.15) is 85.2 Å². The quantitative estimate of drug-likeness (QED) is 0.204. The van der Waals surface area contributed by atoms with Gasteiger partial charge in [-0.05, 0) is 76.6 Å². The number of amides is 4. The van der Waals surface area contributed by atoms with Crippen LogP contribution < -0.4 is 5.32 Å². The van der Waals surface area contributed by atoms with E-state index in [1.165, 1.54) is 4.90 Å². The Morgan fingerprint density at radius 1 is 1.02 bits per heavy atom. The van der Waals surface area contributed by atoms with Gasteiger partial charge in [-0.1, -0.05) is 30.3 Å². The van der Waals surface area contributed by atoms with Crippen molar-refractivity contribution in [3.05, 3.63) is 71.4 Å². The fourth-order valence-corrected chi connectivity index (χ4v) is 7.11. The Hall–Kier alpha value is -4.22. The molecular weight excluding hydrogens is 610 g/mol. The van der Waals surface area contributed by atoms with Crippen molar-refractivity contribution in [3.8, 4) is 0 Å². The molecule has 4 amide bonds. The smallest absolute Gasteiger partial charge is 0.410 e. The Bertz CT molecular complexity index is 1620. The highest BCUT2D eigenvalue weighted by Gasteiger charge is 2.44. The first-order valence-corrected chi connectivity index (χ1v) is 17.1. The molecule has 1 unspecified atom stereocenters. The van der Waals surface area contributed by atoms with Crippen LogP contribution in [0.5, 0.6) is 0 Å². The number of ether oxygens (including phenoxy) is 2.